The molecule has 0 heterocycles. The van der Waals surface area contributed by atoms with E-state index in [1.807, 2.05) is 0 Å². The molecular formula is C27H32N2O9S. The van der Waals surface area contributed by atoms with Crippen molar-refractivity contribution in [2.24, 2.45) is 29.4 Å². The van der Waals surface area contributed by atoms with Gasteiger partial charge in [-0.05, 0) is 38.6 Å². The molecule has 1 aromatic carbocycles. The summed E-state index contributed by atoms with van der Waals surface area (Å²) in [5.41, 5.74) is 2.40. The van der Waals surface area contributed by atoms with Crippen molar-refractivity contribution in [3.05, 3.63) is 29.3 Å². The fraction of sp³-hybridized carbons (Fsp3) is 0.593. The van der Waals surface area contributed by atoms with E-state index >= 15 is 0 Å². The molecule has 3 saturated carbocycles. The van der Waals surface area contributed by atoms with Gasteiger partial charge in [-0.1, -0.05) is 25.0 Å². The van der Waals surface area contributed by atoms with Crippen molar-refractivity contribution in [3.63, 3.8) is 0 Å². The number of carbonyl (C=O) groups excluding carboxylic acids is 5. The largest absolute Gasteiger partial charge is 0.507 e. The standard InChI is InChI=1S/C27H32N2O9S/c1-29(2)20-19-22(32)16-13(10-39(38)11-6-3-4-7-11)12-8-5-9-14(30)15(12)21(31)17(16)24(34)27(19,37)25(35)18(23(20)33)26(28)36/h5,8-9,11,13,16-20,22,30,32,37H,3-4,6-7,10H2,1-2H3,(H2,28,36)/t13-,16+,17?,18?,19+,20-,22-,27-,39?/m1/s1. The summed E-state index contributed by atoms with van der Waals surface area (Å²) in [6.45, 7) is 0. The van der Waals surface area contributed by atoms with Crippen LogP contribution in [0.3, 0.4) is 0 Å². The zero-order valence-electron chi connectivity index (χ0n) is 21.6. The lowest BCUT2D eigenvalue weighted by atomic mass is 9.49. The summed E-state index contributed by atoms with van der Waals surface area (Å²) in [7, 11) is 1.47. The first-order valence-electron chi connectivity index (χ1n) is 13.1. The molecule has 0 aliphatic heterocycles. The minimum Gasteiger partial charge on any atom is -0.507 e. The van der Waals surface area contributed by atoms with Crippen molar-refractivity contribution in [1.82, 2.24) is 4.90 Å². The van der Waals surface area contributed by atoms with Gasteiger partial charge in [0.1, 0.15) is 5.75 Å². The number of primary amides is 1. The van der Waals surface area contributed by atoms with Crippen LogP contribution >= 0.6 is 0 Å². The topological polar surface area (TPSA) is 192 Å². The number of nitrogens with zero attached hydrogens (tertiary/aromatic N) is 1. The molecule has 4 aliphatic rings. The van der Waals surface area contributed by atoms with Gasteiger partial charge < -0.3 is 21.1 Å². The lowest BCUT2D eigenvalue weighted by Crippen LogP contribution is -2.78. The maximum atomic E-state index is 14.1. The third-order valence-corrected chi connectivity index (χ3v) is 11.1. The van der Waals surface area contributed by atoms with Crippen molar-refractivity contribution in [2.75, 3.05) is 19.8 Å². The molecule has 0 saturated heterocycles. The van der Waals surface area contributed by atoms with Gasteiger partial charge in [-0.25, -0.2) is 0 Å². The summed E-state index contributed by atoms with van der Waals surface area (Å²) in [6.07, 6.45) is 1.60. The van der Waals surface area contributed by atoms with E-state index in [0.29, 0.717) is 5.56 Å². The Bertz CT molecular complexity index is 1310. The Morgan fingerprint density at radius 3 is 2.36 bits per heavy atom. The molecule has 3 unspecified atom stereocenters. The van der Waals surface area contributed by atoms with E-state index in [0.717, 1.165) is 25.7 Å². The van der Waals surface area contributed by atoms with Gasteiger partial charge in [-0.15, -0.1) is 0 Å². The van der Waals surface area contributed by atoms with E-state index in [1.54, 1.807) is 6.07 Å². The maximum absolute atomic E-state index is 14.1. The number of ketones is 4. The number of aliphatic hydroxyl groups is 2. The summed E-state index contributed by atoms with van der Waals surface area (Å²) in [6, 6.07) is 2.89. The van der Waals surface area contributed by atoms with Gasteiger partial charge in [0.25, 0.3) is 0 Å². The number of benzene rings is 1. The summed E-state index contributed by atoms with van der Waals surface area (Å²) >= 11 is 0. The number of carbonyl (C=O) groups is 5. The summed E-state index contributed by atoms with van der Waals surface area (Å²) in [5, 5.41) is 34.1. The van der Waals surface area contributed by atoms with Crippen LogP contribution in [0.25, 0.3) is 0 Å². The molecule has 0 radical (unpaired) electrons. The van der Waals surface area contributed by atoms with Crippen LogP contribution in [0, 0.1) is 23.7 Å². The number of phenolic OH excluding ortho intramolecular Hbond substituents is 1. The molecule has 0 spiro atoms. The Morgan fingerprint density at radius 2 is 1.77 bits per heavy atom. The first-order chi connectivity index (χ1) is 18.3. The smallest absolute Gasteiger partial charge is 0.235 e. The number of phenols is 1. The number of fused-ring (bicyclic) bond motifs is 3. The van der Waals surface area contributed by atoms with E-state index in [4.69, 9.17) is 5.73 Å². The van der Waals surface area contributed by atoms with Gasteiger partial charge in [-0.2, -0.15) is 0 Å². The van der Waals surface area contributed by atoms with Crippen LogP contribution in [0.2, 0.25) is 0 Å². The average molecular weight is 561 g/mol. The summed E-state index contributed by atoms with van der Waals surface area (Å²) < 4.78 is 13.5. The SMILES string of the molecule is CN(C)[C@H]1C(=O)C(C(N)=O)C(=O)[C@]2(O)C(=O)C3C(=O)c4c(O)cccc4[C@@H](CS(=O)C4CCCC4)[C@@H]3[C@@H](O)[C@H]12. The van der Waals surface area contributed by atoms with Crippen LogP contribution in [-0.4, -0.2) is 96.3 Å². The number of rotatable bonds is 5. The molecule has 5 N–H and O–H groups in total. The zero-order valence-corrected chi connectivity index (χ0v) is 22.4. The second-order valence-electron chi connectivity index (χ2n) is 11.4. The van der Waals surface area contributed by atoms with Gasteiger partial charge in [0.2, 0.25) is 5.91 Å². The first kappa shape index (κ1) is 27.8. The molecule has 5 rings (SSSR count). The normalized spacial score (nSPS) is 37.4. The highest BCUT2D eigenvalue weighted by Gasteiger charge is 2.73. The predicted octanol–water partition coefficient (Wildman–Crippen LogP) is -0.930. The van der Waals surface area contributed by atoms with Crippen LogP contribution in [-0.2, 0) is 30.0 Å². The van der Waals surface area contributed by atoms with E-state index < -0.39 is 92.9 Å². The quantitative estimate of drug-likeness (QED) is 0.327. The van der Waals surface area contributed by atoms with E-state index in [9.17, 15) is 43.5 Å². The molecule has 9 atom stereocenters. The third-order valence-electron chi connectivity index (χ3n) is 9.17. The number of aliphatic hydroxyl groups excluding tert-OH is 1. The Labute approximate surface area is 227 Å². The van der Waals surface area contributed by atoms with Crippen LogP contribution in [0.4, 0.5) is 0 Å². The highest BCUT2D eigenvalue weighted by molar-refractivity contribution is 7.85. The van der Waals surface area contributed by atoms with Gasteiger partial charge in [0, 0.05) is 33.6 Å². The number of amides is 1. The maximum Gasteiger partial charge on any atom is 0.235 e. The number of aromatic hydroxyl groups is 1. The van der Waals surface area contributed by atoms with Crippen molar-refractivity contribution < 1.29 is 43.5 Å². The van der Waals surface area contributed by atoms with Crippen molar-refractivity contribution in [1.29, 1.82) is 0 Å². The number of hydrogen-bond donors (Lipinski definition) is 4. The fourth-order valence-electron chi connectivity index (χ4n) is 7.43. The number of hydrogen-bond acceptors (Lipinski definition) is 10. The van der Waals surface area contributed by atoms with Crippen molar-refractivity contribution >= 4 is 39.8 Å². The van der Waals surface area contributed by atoms with E-state index in [-0.39, 0.29) is 16.6 Å². The summed E-state index contributed by atoms with van der Waals surface area (Å²) in [4.78, 5) is 68.1. The molecule has 39 heavy (non-hydrogen) atoms. The van der Waals surface area contributed by atoms with E-state index in [2.05, 4.69) is 0 Å². The first-order valence-corrected chi connectivity index (χ1v) is 14.4. The Morgan fingerprint density at radius 1 is 1.13 bits per heavy atom. The van der Waals surface area contributed by atoms with Gasteiger partial charge in [-0.3, -0.25) is 33.1 Å². The predicted molar refractivity (Wildman–Crippen MR) is 137 cm³/mol. The minimum atomic E-state index is -3.06. The van der Waals surface area contributed by atoms with Crippen LogP contribution in [0.1, 0.15) is 47.5 Å². The number of nitrogens with two attached hydrogens (primary N) is 1. The molecule has 0 aromatic heterocycles. The van der Waals surface area contributed by atoms with Crippen molar-refractivity contribution in [3.8, 4) is 5.75 Å². The van der Waals surface area contributed by atoms with Crippen molar-refractivity contribution in [2.45, 2.75) is 54.6 Å². The lowest BCUT2D eigenvalue weighted by Gasteiger charge is -2.56. The van der Waals surface area contributed by atoms with Crippen LogP contribution in [0.15, 0.2) is 18.2 Å². The number of Topliss-reactive ketones (excluding diaryl/α,β-unsaturated/α-hetero) is 4. The lowest BCUT2D eigenvalue weighted by molar-refractivity contribution is -0.196. The Kier molecular flexibility index (Phi) is 6.89. The molecule has 1 aromatic rings. The third kappa shape index (κ3) is 3.86. The molecule has 3 fully saturated rings. The highest BCUT2D eigenvalue weighted by atomic mass is 32.2. The molecule has 4 aliphatic carbocycles. The summed E-state index contributed by atoms with van der Waals surface area (Å²) in [5.74, 6) is -14.1. The zero-order chi connectivity index (χ0) is 28.5. The molecule has 210 valence electrons. The van der Waals surface area contributed by atoms with Gasteiger partial charge in [0.15, 0.2) is 34.7 Å². The Balaban J connectivity index is 1.70. The fourth-order valence-corrected chi connectivity index (χ4v) is 9.32. The highest BCUT2D eigenvalue weighted by Crippen LogP contribution is 2.54. The van der Waals surface area contributed by atoms with E-state index in [1.165, 1.54) is 31.1 Å². The second-order valence-corrected chi connectivity index (χ2v) is 13.1. The molecule has 11 nitrogen and oxygen atoms in total. The number of likely N-dealkylation sites (N-methyl/N-ethyl adjacent to an activating group) is 1. The minimum absolute atomic E-state index is 0.0243. The second kappa shape index (κ2) is 9.69. The Hall–Kier alpha value is -2.80. The van der Waals surface area contributed by atoms with Gasteiger partial charge in [0.05, 0.1) is 29.5 Å². The van der Waals surface area contributed by atoms with Crippen LogP contribution < -0.4 is 5.73 Å². The monoisotopic (exact) mass is 560 g/mol. The molecule has 12 heteroatoms. The molecular weight excluding hydrogens is 528 g/mol. The van der Waals surface area contributed by atoms with Gasteiger partial charge >= 0.3 is 0 Å². The molecule has 0 bridgehead atoms. The average Bonchev–Trinajstić information content (AvgIpc) is 3.40. The molecule has 1 amide bonds. The van der Waals surface area contributed by atoms with Crippen LogP contribution in [0.5, 0.6) is 5.75 Å².